The molecule has 1 unspecified atom stereocenters. The maximum absolute atomic E-state index is 16.3. The number of pyridine rings is 1. The lowest BCUT2D eigenvalue weighted by Crippen LogP contribution is -2.39. The van der Waals surface area contributed by atoms with Crippen LogP contribution in [0.1, 0.15) is 50.8 Å². The molecule has 0 aromatic carbocycles. The Kier molecular flexibility index (Phi) is 7.39. The summed E-state index contributed by atoms with van der Waals surface area (Å²) in [4.78, 5) is 34.2. The van der Waals surface area contributed by atoms with E-state index in [0.717, 1.165) is 0 Å². The van der Waals surface area contributed by atoms with E-state index >= 15 is 4.39 Å². The molecule has 9 nitrogen and oxygen atoms in total. The van der Waals surface area contributed by atoms with Crippen molar-refractivity contribution in [1.29, 1.82) is 0 Å². The van der Waals surface area contributed by atoms with Crippen LogP contribution in [0.25, 0.3) is 11.3 Å². The largest absolute Gasteiger partial charge is 0.477 e. The lowest BCUT2D eigenvalue weighted by Gasteiger charge is -2.27. The van der Waals surface area contributed by atoms with E-state index in [1.54, 1.807) is 38.4 Å². The third-order valence-electron chi connectivity index (χ3n) is 6.01. The van der Waals surface area contributed by atoms with E-state index in [1.807, 2.05) is 6.92 Å². The number of Topliss-reactive ketones (excluding diaryl/α,β-unsaturated/α-hetero) is 1. The first kappa shape index (κ1) is 25.7. The van der Waals surface area contributed by atoms with Crippen LogP contribution in [0.15, 0.2) is 43.0 Å². The summed E-state index contributed by atoms with van der Waals surface area (Å²) in [7, 11) is -3.38. The highest BCUT2D eigenvalue weighted by molar-refractivity contribution is 7.91. The maximum Gasteiger partial charge on any atom is 0.232 e. The van der Waals surface area contributed by atoms with Crippen LogP contribution in [-0.2, 0) is 32.5 Å². The minimum Gasteiger partial charge on any atom is -0.477 e. The Hall–Kier alpha value is -3.34. The SMILES string of the molecule is CCOc1cncc(-c2ccc(CC(=O)C(F)(c3ccnc(CS(=O)(=O)C4CC4)n3)C(C)C)nc2)n1. The Bertz CT molecular complexity index is 1350. The van der Waals surface area contributed by atoms with Crippen LogP contribution >= 0.6 is 0 Å². The van der Waals surface area contributed by atoms with Crippen molar-refractivity contribution >= 4 is 15.6 Å². The summed E-state index contributed by atoms with van der Waals surface area (Å²) >= 11 is 0. The number of alkyl halides is 1. The maximum atomic E-state index is 16.3. The number of aromatic nitrogens is 5. The predicted molar refractivity (Wildman–Crippen MR) is 130 cm³/mol. The molecule has 0 amide bonds. The van der Waals surface area contributed by atoms with Gasteiger partial charge in [0.2, 0.25) is 11.5 Å². The quantitative estimate of drug-likeness (QED) is 0.379. The third-order valence-corrected chi connectivity index (χ3v) is 8.16. The molecule has 0 spiro atoms. The number of ether oxygens (including phenoxy) is 1. The molecular formula is C25H28FN5O4S. The number of carbonyl (C=O) groups is 1. The Morgan fingerprint density at radius 2 is 1.92 bits per heavy atom. The first-order chi connectivity index (χ1) is 17.1. The summed E-state index contributed by atoms with van der Waals surface area (Å²) in [6.07, 6.45) is 6.91. The van der Waals surface area contributed by atoms with Crippen LogP contribution in [0, 0.1) is 5.92 Å². The fourth-order valence-electron chi connectivity index (χ4n) is 3.84. The molecule has 0 N–H and O–H groups in total. The zero-order valence-electron chi connectivity index (χ0n) is 20.4. The Balaban J connectivity index is 1.53. The van der Waals surface area contributed by atoms with Crippen LogP contribution in [-0.4, -0.2) is 51.0 Å². The summed E-state index contributed by atoms with van der Waals surface area (Å²) in [6.45, 7) is 5.48. The predicted octanol–water partition coefficient (Wildman–Crippen LogP) is 3.44. The zero-order chi connectivity index (χ0) is 25.9. The first-order valence-corrected chi connectivity index (χ1v) is 13.5. The van der Waals surface area contributed by atoms with Crippen molar-refractivity contribution in [3.63, 3.8) is 0 Å². The van der Waals surface area contributed by atoms with E-state index in [0.29, 0.717) is 42.3 Å². The number of rotatable bonds is 11. The van der Waals surface area contributed by atoms with Gasteiger partial charge in [0.15, 0.2) is 15.6 Å². The molecule has 11 heteroatoms. The smallest absolute Gasteiger partial charge is 0.232 e. The van der Waals surface area contributed by atoms with E-state index in [2.05, 4.69) is 24.9 Å². The Morgan fingerprint density at radius 1 is 1.14 bits per heavy atom. The standard InChI is InChI=1S/C25H28FN5O4S/c1-4-35-24-14-27-13-20(30-24)17-5-6-18(29-12-17)11-22(32)25(26,16(2)3)21-9-10-28-23(31-21)15-36(33,34)19-7-8-19/h5-6,9-10,12-14,16,19H,4,7-8,11,15H2,1-3H3. The van der Waals surface area contributed by atoms with Gasteiger partial charge in [-0.15, -0.1) is 0 Å². The minimum atomic E-state index is -3.38. The molecule has 1 fully saturated rings. The van der Waals surface area contributed by atoms with E-state index in [9.17, 15) is 13.2 Å². The number of nitrogens with zero attached hydrogens (tertiary/aromatic N) is 5. The normalized spacial score (nSPS) is 15.5. The highest BCUT2D eigenvalue weighted by atomic mass is 32.2. The molecule has 1 saturated carbocycles. The zero-order valence-corrected chi connectivity index (χ0v) is 21.2. The fraction of sp³-hybridized carbons (Fsp3) is 0.440. The number of ketones is 1. The number of sulfone groups is 1. The first-order valence-electron chi connectivity index (χ1n) is 11.8. The van der Waals surface area contributed by atoms with Gasteiger partial charge in [0, 0.05) is 29.6 Å². The molecule has 3 aromatic heterocycles. The summed E-state index contributed by atoms with van der Waals surface area (Å²) in [5.41, 5.74) is -0.960. The summed E-state index contributed by atoms with van der Waals surface area (Å²) in [6, 6.07) is 4.69. The molecule has 0 bridgehead atoms. The second-order valence-electron chi connectivity index (χ2n) is 9.04. The number of halogens is 1. The Morgan fingerprint density at radius 3 is 2.56 bits per heavy atom. The van der Waals surface area contributed by atoms with Crippen LogP contribution in [0.5, 0.6) is 5.88 Å². The Labute approximate surface area is 209 Å². The van der Waals surface area contributed by atoms with Crippen molar-refractivity contribution in [3.8, 4) is 17.1 Å². The molecule has 4 rings (SSSR count). The van der Waals surface area contributed by atoms with Crippen LogP contribution < -0.4 is 4.74 Å². The van der Waals surface area contributed by atoms with Gasteiger partial charge >= 0.3 is 0 Å². The molecule has 3 heterocycles. The lowest BCUT2D eigenvalue weighted by molar-refractivity contribution is -0.134. The molecule has 3 aromatic rings. The fourth-order valence-corrected chi connectivity index (χ4v) is 5.42. The number of hydrogen-bond donors (Lipinski definition) is 0. The number of hydrogen-bond acceptors (Lipinski definition) is 9. The highest BCUT2D eigenvalue weighted by Crippen LogP contribution is 2.36. The minimum absolute atomic E-state index is 0.00672. The summed E-state index contributed by atoms with van der Waals surface area (Å²) in [5, 5.41) is -0.381. The van der Waals surface area contributed by atoms with Gasteiger partial charge in [-0.1, -0.05) is 13.8 Å². The molecule has 1 aliphatic rings. The van der Waals surface area contributed by atoms with Crippen LogP contribution in [0.4, 0.5) is 4.39 Å². The van der Waals surface area contributed by atoms with Crippen molar-refractivity contribution in [2.45, 2.75) is 56.7 Å². The van der Waals surface area contributed by atoms with Crippen molar-refractivity contribution in [2.24, 2.45) is 5.92 Å². The molecule has 190 valence electrons. The van der Waals surface area contributed by atoms with Crippen molar-refractivity contribution in [2.75, 3.05) is 6.61 Å². The summed E-state index contributed by atoms with van der Waals surface area (Å²) in [5.74, 6) is -1.45. The second-order valence-corrected chi connectivity index (χ2v) is 11.3. The van der Waals surface area contributed by atoms with Crippen molar-refractivity contribution in [3.05, 3.63) is 60.2 Å². The van der Waals surface area contributed by atoms with Gasteiger partial charge in [-0.2, -0.15) is 0 Å². The van der Waals surface area contributed by atoms with E-state index in [-0.39, 0.29) is 28.9 Å². The molecular weight excluding hydrogens is 485 g/mol. The topological polar surface area (TPSA) is 125 Å². The van der Waals surface area contributed by atoms with Gasteiger partial charge in [0.25, 0.3) is 0 Å². The van der Waals surface area contributed by atoms with Gasteiger partial charge in [0.05, 0.1) is 42.1 Å². The van der Waals surface area contributed by atoms with E-state index in [4.69, 9.17) is 4.74 Å². The van der Waals surface area contributed by atoms with Gasteiger partial charge in [-0.3, -0.25) is 14.8 Å². The second kappa shape index (κ2) is 10.3. The molecule has 1 aliphatic carbocycles. The average Bonchev–Trinajstić information content (AvgIpc) is 3.71. The van der Waals surface area contributed by atoms with Crippen LogP contribution in [0.3, 0.4) is 0 Å². The van der Waals surface area contributed by atoms with Gasteiger partial charge < -0.3 is 4.74 Å². The third kappa shape index (κ3) is 5.56. The van der Waals surface area contributed by atoms with Crippen molar-refractivity contribution < 1.29 is 22.3 Å². The van der Waals surface area contributed by atoms with E-state index < -0.39 is 27.2 Å². The highest BCUT2D eigenvalue weighted by Gasteiger charge is 2.45. The van der Waals surface area contributed by atoms with Crippen molar-refractivity contribution in [1.82, 2.24) is 24.9 Å². The van der Waals surface area contributed by atoms with Gasteiger partial charge in [-0.05, 0) is 38.0 Å². The van der Waals surface area contributed by atoms with E-state index in [1.165, 1.54) is 18.5 Å². The van der Waals surface area contributed by atoms with Gasteiger partial charge in [-0.25, -0.2) is 27.8 Å². The average molecular weight is 514 g/mol. The molecule has 36 heavy (non-hydrogen) atoms. The van der Waals surface area contributed by atoms with Gasteiger partial charge in [0.1, 0.15) is 11.6 Å². The molecule has 0 saturated heterocycles. The molecule has 0 aliphatic heterocycles. The molecule has 0 radical (unpaired) electrons. The summed E-state index contributed by atoms with van der Waals surface area (Å²) < 4.78 is 46.4. The molecule has 1 atom stereocenters. The van der Waals surface area contributed by atoms with Crippen LogP contribution in [0.2, 0.25) is 0 Å². The number of carbonyl (C=O) groups excluding carboxylic acids is 1. The monoisotopic (exact) mass is 513 g/mol. The lowest BCUT2D eigenvalue weighted by atomic mass is 9.83.